The van der Waals surface area contributed by atoms with Gasteiger partial charge in [0.25, 0.3) is 0 Å². The average molecular weight is 365 g/mol. The van der Waals surface area contributed by atoms with Gasteiger partial charge in [-0.2, -0.15) is 0 Å². The SMILES string of the molecule is COc1cccc2c1CCCC2CN(C)CCc1ccc2c(c1)CCCN2. The van der Waals surface area contributed by atoms with Crippen LogP contribution in [0.1, 0.15) is 47.4 Å². The lowest BCUT2D eigenvalue weighted by molar-refractivity contribution is 0.299. The second kappa shape index (κ2) is 8.35. The first-order valence-electron chi connectivity index (χ1n) is 10.4. The van der Waals surface area contributed by atoms with Crippen LogP contribution in [0.3, 0.4) is 0 Å². The number of nitrogens with one attached hydrogen (secondary N) is 1. The van der Waals surface area contributed by atoms with Crippen LogP contribution >= 0.6 is 0 Å². The number of hydrogen-bond acceptors (Lipinski definition) is 3. The van der Waals surface area contributed by atoms with Gasteiger partial charge in [-0.1, -0.05) is 24.3 Å². The van der Waals surface area contributed by atoms with Crippen molar-refractivity contribution in [3.63, 3.8) is 0 Å². The highest BCUT2D eigenvalue weighted by atomic mass is 16.5. The minimum Gasteiger partial charge on any atom is -0.496 e. The summed E-state index contributed by atoms with van der Waals surface area (Å²) in [5.41, 5.74) is 7.25. The highest BCUT2D eigenvalue weighted by Crippen LogP contribution is 2.36. The number of methoxy groups -OCH3 is 1. The van der Waals surface area contributed by atoms with E-state index in [9.17, 15) is 0 Å². The Bertz CT molecular complexity index is 786. The van der Waals surface area contributed by atoms with Crippen molar-refractivity contribution in [2.24, 2.45) is 0 Å². The molecule has 4 rings (SSSR count). The first kappa shape index (κ1) is 18.4. The molecule has 2 aromatic carbocycles. The summed E-state index contributed by atoms with van der Waals surface area (Å²) >= 11 is 0. The van der Waals surface area contributed by atoms with Gasteiger partial charge in [-0.25, -0.2) is 0 Å². The second-order valence-electron chi connectivity index (χ2n) is 8.15. The summed E-state index contributed by atoms with van der Waals surface area (Å²) in [5, 5.41) is 3.51. The molecule has 3 heteroatoms. The fourth-order valence-corrected chi connectivity index (χ4v) is 4.77. The molecule has 1 aliphatic heterocycles. The second-order valence-corrected chi connectivity index (χ2v) is 8.15. The summed E-state index contributed by atoms with van der Waals surface area (Å²) in [6.45, 7) is 3.36. The van der Waals surface area contributed by atoms with E-state index in [2.05, 4.69) is 53.7 Å². The molecule has 0 fully saturated rings. The molecule has 0 radical (unpaired) electrons. The normalized spacial score (nSPS) is 18.6. The molecule has 0 amide bonds. The summed E-state index contributed by atoms with van der Waals surface area (Å²) in [7, 11) is 4.06. The third-order valence-electron chi connectivity index (χ3n) is 6.23. The minimum atomic E-state index is 0.626. The molecular weight excluding hydrogens is 332 g/mol. The molecule has 0 saturated heterocycles. The molecule has 0 bridgehead atoms. The maximum Gasteiger partial charge on any atom is 0.122 e. The van der Waals surface area contributed by atoms with Gasteiger partial charge in [-0.3, -0.25) is 0 Å². The van der Waals surface area contributed by atoms with Crippen molar-refractivity contribution in [3.05, 3.63) is 58.7 Å². The highest BCUT2D eigenvalue weighted by molar-refractivity contribution is 5.54. The molecule has 3 nitrogen and oxygen atoms in total. The zero-order valence-corrected chi connectivity index (χ0v) is 16.8. The average Bonchev–Trinajstić information content (AvgIpc) is 2.72. The van der Waals surface area contributed by atoms with Crippen LogP contribution in [0.4, 0.5) is 5.69 Å². The first-order valence-corrected chi connectivity index (χ1v) is 10.4. The lowest BCUT2D eigenvalue weighted by Gasteiger charge is -2.30. The zero-order valence-electron chi connectivity index (χ0n) is 16.8. The topological polar surface area (TPSA) is 24.5 Å². The quantitative estimate of drug-likeness (QED) is 0.808. The van der Waals surface area contributed by atoms with Gasteiger partial charge in [0.15, 0.2) is 0 Å². The van der Waals surface area contributed by atoms with Crippen molar-refractivity contribution in [1.82, 2.24) is 4.90 Å². The Kier molecular flexibility index (Phi) is 5.68. The number of ether oxygens (including phenoxy) is 1. The number of anilines is 1. The summed E-state index contributed by atoms with van der Waals surface area (Å²) in [6.07, 6.45) is 7.30. The van der Waals surface area contributed by atoms with Gasteiger partial charge in [-0.05, 0) is 85.9 Å². The predicted molar refractivity (Wildman–Crippen MR) is 113 cm³/mol. The van der Waals surface area contributed by atoms with Gasteiger partial charge in [0.05, 0.1) is 7.11 Å². The number of nitrogens with zero attached hydrogens (tertiary/aromatic N) is 1. The van der Waals surface area contributed by atoms with Crippen molar-refractivity contribution in [3.8, 4) is 5.75 Å². The van der Waals surface area contributed by atoms with Gasteiger partial charge in [0.1, 0.15) is 5.75 Å². The van der Waals surface area contributed by atoms with Gasteiger partial charge >= 0.3 is 0 Å². The predicted octanol–water partition coefficient (Wildman–Crippen LogP) is 4.65. The van der Waals surface area contributed by atoms with E-state index in [4.69, 9.17) is 4.74 Å². The number of rotatable bonds is 6. The summed E-state index contributed by atoms with van der Waals surface area (Å²) in [5.74, 6) is 1.70. The monoisotopic (exact) mass is 364 g/mol. The van der Waals surface area contributed by atoms with Gasteiger partial charge in [0.2, 0.25) is 0 Å². The molecule has 2 aliphatic rings. The molecule has 1 unspecified atom stereocenters. The van der Waals surface area contributed by atoms with E-state index in [0.29, 0.717) is 5.92 Å². The Morgan fingerprint density at radius 3 is 2.96 bits per heavy atom. The summed E-state index contributed by atoms with van der Waals surface area (Å²) in [6, 6.07) is 13.5. The van der Waals surface area contributed by atoms with E-state index in [1.807, 2.05) is 0 Å². The Hall–Kier alpha value is -2.00. The fraction of sp³-hybridized carbons (Fsp3) is 0.500. The van der Waals surface area contributed by atoms with E-state index < -0.39 is 0 Å². The molecule has 27 heavy (non-hydrogen) atoms. The molecule has 0 saturated carbocycles. The number of fused-ring (bicyclic) bond motifs is 2. The molecular formula is C24H32N2O. The Balaban J connectivity index is 1.37. The van der Waals surface area contributed by atoms with Crippen LogP contribution in [0, 0.1) is 0 Å². The van der Waals surface area contributed by atoms with Crippen molar-refractivity contribution in [2.75, 3.05) is 39.1 Å². The molecule has 1 N–H and O–H groups in total. The van der Waals surface area contributed by atoms with E-state index in [-0.39, 0.29) is 0 Å². The zero-order chi connectivity index (χ0) is 18.6. The van der Waals surface area contributed by atoms with Crippen LogP contribution in [-0.2, 0) is 19.3 Å². The standard InChI is InChI=1S/C24H32N2O/c1-26(15-13-18-11-12-23-19(16-18)7-5-14-25-23)17-20-6-3-9-22-21(20)8-4-10-24(22)27-2/h4,8,10-12,16,20,25H,3,5-7,9,13-15,17H2,1-2H3. The number of aryl methyl sites for hydroxylation is 1. The summed E-state index contributed by atoms with van der Waals surface area (Å²) in [4.78, 5) is 2.51. The Morgan fingerprint density at radius 1 is 1.15 bits per heavy atom. The molecule has 1 heterocycles. The maximum absolute atomic E-state index is 5.60. The lowest BCUT2D eigenvalue weighted by atomic mass is 9.82. The number of benzene rings is 2. The van der Waals surface area contributed by atoms with Crippen LogP contribution in [0.5, 0.6) is 5.75 Å². The van der Waals surface area contributed by atoms with Crippen molar-refractivity contribution >= 4 is 5.69 Å². The molecule has 1 atom stereocenters. The molecule has 0 aromatic heterocycles. The van der Waals surface area contributed by atoms with Crippen molar-refractivity contribution in [2.45, 2.75) is 44.4 Å². The molecule has 144 valence electrons. The number of likely N-dealkylation sites (N-methyl/N-ethyl adjacent to an activating group) is 1. The molecule has 0 spiro atoms. The van der Waals surface area contributed by atoms with Crippen LogP contribution in [-0.4, -0.2) is 38.7 Å². The third kappa shape index (κ3) is 4.14. The molecule has 2 aromatic rings. The lowest BCUT2D eigenvalue weighted by Crippen LogP contribution is -2.28. The number of hydrogen-bond donors (Lipinski definition) is 1. The van der Waals surface area contributed by atoms with Crippen molar-refractivity contribution in [1.29, 1.82) is 0 Å². The van der Waals surface area contributed by atoms with Crippen LogP contribution < -0.4 is 10.1 Å². The van der Waals surface area contributed by atoms with E-state index in [1.54, 1.807) is 7.11 Å². The minimum absolute atomic E-state index is 0.626. The first-order chi connectivity index (χ1) is 13.2. The van der Waals surface area contributed by atoms with E-state index in [0.717, 1.165) is 38.2 Å². The van der Waals surface area contributed by atoms with Gasteiger partial charge in [0, 0.05) is 25.3 Å². The van der Waals surface area contributed by atoms with Crippen LogP contribution in [0.25, 0.3) is 0 Å². The smallest absolute Gasteiger partial charge is 0.122 e. The highest BCUT2D eigenvalue weighted by Gasteiger charge is 2.23. The van der Waals surface area contributed by atoms with E-state index in [1.165, 1.54) is 53.6 Å². The Labute approximate surface area is 163 Å². The third-order valence-corrected chi connectivity index (χ3v) is 6.23. The fourth-order valence-electron chi connectivity index (χ4n) is 4.77. The largest absolute Gasteiger partial charge is 0.496 e. The van der Waals surface area contributed by atoms with Gasteiger partial charge in [-0.15, -0.1) is 0 Å². The van der Waals surface area contributed by atoms with Crippen LogP contribution in [0.2, 0.25) is 0 Å². The summed E-state index contributed by atoms with van der Waals surface area (Å²) < 4.78 is 5.60. The van der Waals surface area contributed by atoms with Crippen molar-refractivity contribution < 1.29 is 4.74 Å². The Morgan fingerprint density at radius 2 is 2.07 bits per heavy atom. The maximum atomic E-state index is 5.60. The van der Waals surface area contributed by atoms with Gasteiger partial charge < -0.3 is 15.0 Å². The van der Waals surface area contributed by atoms with E-state index >= 15 is 0 Å². The molecule has 1 aliphatic carbocycles. The van der Waals surface area contributed by atoms with Crippen LogP contribution in [0.15, 0.2) is 36.4 Å².